The Kier molecular flexibility index (Phi) is 4.81. The van der Waals surface area contributed by atoms with Crippen LogP contribution in [0.4, 0.5) is 18.9 Å². The molecule has 0 amide bonds. The summed E-state index contributed by atoms with van der Waals surface area (Å²) in [5, 5.41) is 8.60. The molecule has 1 rings (SSSR count). The Morgan fingerprint density at radius 1 is 1.42 bits per heavy atom. The summed E-state index contributed by atoms with van der Waals surface area (Å²) in [5.41, 5.74) is -0.531. The normalized spacial score (nSPS) is 10.8. The molecular formula is C13H12F3NO2. The summed E-state index contributed by atoms with van der Waals surface area (Å²) in [5.74, 6) is 1.27. The van der Waals surface area contributed by atoms with Crippen molar-refractivity contribution in [1.82, 2.24) is 0 Å². The molecule has 0 aliphatic heterocycles. The lowest BCUT2D eigenvalue weighted by atomic mass is 10.1. The van der Waals surface area contributed by atoms with Crippen LogP contribution in [0.3, 0.4) is 0 Å². The van der Waals surface area contributed by atoms with E-state index in [4.69, 9.17) is 11.5 Å². The van der Waals surface area contributed by atoms with Crippen molar-refractivity contribution >= 4 is 11.7 Å². The summed E-state index contributed by atoms with van der Waals surface area (Å²) >= 11 is 0. The smallest absolute Gasteiger partial charge is 0.416 e. The number of alkyl halides is 3. The lowest BCUT2D eigenvalue weighted by Crippen LogP contribution is -2.26. The average Bonchev–Trinajstić information content (AvgIpc) is 2.33. The number of benzene rings is 1. The maximum Gasteiger partial charge on any atom is 0.416 e. The van der Waals surface area contributed by atoms with Crippen LogP contribution in [0.2, 0.25) is 0 Å². The van der Waals surface area contributed by atoms with Crippen LogP contribution in [0.5, 0.6) is 0 Å². The van der Waals surface area contributed by atoms with Crippen LogP contribution >= 0.6 is 0 Å². The zero-order valence-corrected chi connectivity index (χ0v) is 9.94. The summed E-state index contributed by atoms with van der Waals surface area (Å²) in [6.45, 7) is 0.107. The van der Waals surface area contributed by atoms with E-state index >= 15 is 0 Å². The van der Waals surface area contributed by atoms with Crippen molar-refractivity contribution in [2.75, 3.05) is 18.0 Å². The Morgan fingerprint density at radius 3 is 2.63 bits per heavy atom. The Balaban J connectivity index is 2.96. The van der Waals surface area contributed by atoms with Crippen LogP contribution in [-0.4, -0.2) is 24.2 Å². The van der Waals surface area contributed by atoms with Gasteiger partial charge in [-0.3, -0.25) is 4.79 Å². The molecule has 0 bridgehead atoms. The largest absolute Gasteiger partial charge is 0.481 e. The molecule has 6 heteroatoms. The average molecular weight is 271 g/mol. The number of hydrogen-bond acceptors (Lipinski definition) is 2. The van der Waals surface area contributed by atoms with Crippen LogP contribution in [0.1, 0.15) is 12.0 Å². The van der Waals surface area contributed by atoms with Gasteiger partial charge in [0.2, 0.25) is 0 Å². The molecule has 0 unspecified atom stereocenters. The van der Waals surface area contributed by atoms with Gasteiger partial charge in [0.15, 0.2) is 0 Å². The fraction of sp³-hybridized carbons (Fsp3) is 0.308. The molecule has 0 aliphatic rings. The first kappa shape index (κ1) is 14.9. The molecular weight excluding hydrogens is 259 g/mol. The molecule has 0 atom stereocenters. The summed E-state index contributed by atoms with van der Waals surface area (Å²) in [7, 11) is 0. The third kappa shape index (κ3) is 4.54. The monoisotopic (exact) mass is 271 g/mol. The van der Waals surface area contributed by atoms with E-state index in [0.717, 1.165) is 12.1 Å². The summed E-state index contributed by atoms with van der Waals surface area (Å²) in [6, 6.07) is 4.64. The second-order valence-electron chi connectivity index (χ2n) is 3.82. The van der Waals surface area contributed by atoms with Crippen LogP contribution in [0.25, 0.3) is 0 Å². The van der Waals surface area contributed by atoms with E-state index < -0.39 is 17.7 Å². The summed E-state index contributed by atoms with van der Waals surface area (Å²) in [4.78, 5) is 11.9. The number of rotatable bonds is 5. The van der Waals surface area contributed by atoms with Crippen molar-refractivity contribution in [1.29, 1.82) is 0 Å². The van der Waals surface area contributed by atoms with Gasteiger partial charge in [0.05, 0.1) is 18.5 Å². The number of aliphatic carboxylic acids is 1. The SMILES string of the molecule is C#CCN(CCC(=O)O)c1cccc(C(F)(F)F)c1. The molecule has 0 saturated heterocycles. The number of halogens is 3. The van der Waals surface area contributed by atoms with Gasteiger partial charge in [-0.15, -0.1) is 6.42 Å². The third-order valence-electron chi connectivity index (χ3n) is 2.42. The van der Waals surface area contributed by atoms with Gasteiger partial charge in [0, 0.05) is 12.2 Å². The quantitative estimate of drug-likeness (QED) is 0.837. The first-order valence-corrected chi connectivity index (χ1v) is 5.42. The molecule has 0 fully saturated rings. The fourth-order valence-electron chi connectivity index (χ4n) is 1.52. The van der Waals surface area contributed by atoms with E-state index in [1.54, 1.807) is 0 Å². The molecule has 0 aliphatic carbocycles. The lowest BCUT2D eigenvalue weighted by Gasteiger charge is -2.22. The van der Waals surface area contributed by atoms with Crippen molar-refractivity contribution in [3.8, 4) is 12.3 Å². The molecule has 19 heavy (non-hydrogen) atoms. The van der Waals surface area contributed by atoms with Gasteiger partial charge in [-0.25, -0.2) is 0 Å². The van der Waals surface area contributed by atoms with Gasteiger partial charge in [-0.05, 0) is 18.2 Å². The van der Waals surface area contributed by atoms with Gasteiger partial charge in [-0.1, -0.05) is 12.0 Å². The minimum atomic E-state index is -4.44. The predicted molar refractivity (Wildman–Crippen MR) is 64.7 cm³/mol. The number of terminal acetylenes is 1. The van der Waals surface area contributed by atoms with E-state index in [1.165, 1.54) is 17.0 Å². The van der Waals surface area contributed by atoms with Gasteiger partial charge < -0.3 is 10.0 Å². The first-order chi connectivity index (χ1) is 8.84. The van der Waals surface area contributed by atoms with Crippen LogP contribution in [-0.2, 0) is 11.0 Å². The van der Waals surface area contributed by atoms with Gasteiger partial charge in [0.25, 0.3) is 0 Å². The van der Waals surface area contributed by atoms with Crippen LogP contribution in [0, 0.1) is 12.3 Å². The number of anilines is 1. The maximum atomic E-state index is 12.6. The predicted octanol–water partition coefficient (Wildman–Crippen LogP) is 2.62. The molecule has 0 saturated carbocycles. The second-order valence-corrected chi connectivity index (χ2v) is 3.82. The van der Waals surface area contributed by atoms with Crippen LogP contribution < -0.4 is 4.90 Å². The number of carboxylic acid groups (broad SMARTS) is 1. The summed E-state index contributed by atoms with van der Waals surface area (Å²) < 4.78 is 37.7. The minimum absolute atomic E-state index is 0.0502. The standard InChI is InChI=1S/C13H12F3NO2/c1-2-7-17(8-6-12(18)19)11-5-3-4-10(9-11)13(14,15)16/h1,3-5,9H,6-8H2,(H,18,19). The number of carboxylic acids is 1. The molecule has 1 aromatic rings. The fourth-order valence-corrected chi connectivity index (χ4v) is 1.52. The third-order valence-corrected chi connectivity index (χ3v) is 2.42. The van der Waals surface area contributed by atoms with Crippen molar-refractivity contribution in [3.05, 3.63) is 29.8 Å². The lowest BCUT2D eigenvalue weighted by molar-refractivity contribution is -0.138. The van der Waals surface area contributed by atoms with E-state index in [-0.39, 0.29) is 25.2 Å². The summed E-state index contributed by atoms with van der Waals surface area (Å²) in [6.07, 6.45) is 0.499. The Labute approximate surface area is 108 Å². The van der Waals surface area contributed by atoms with E-state index in [9.17, 15) is 18.0 Å². The Morgan fingerprint density at radius 2 is 2.11 bits per heavy atom. The van der Waals surface area contributed by atoms with E-state index in [0.29, 0.717) is 0 Å². The highest BCUT2D eigenvalue weighted by molar-refractivity contribution is 5.67. The maximum absolute atomic E-state index is 12.6. The van der Waals surface area contributed by atoms with Crippen molar-refractivity contribution in [2.24, 2.45) is 0 Å². The topological polar surface area (TPSA) is 40.5 Å². The van der Waals surface area contributed by atoms with Gasteiger partial charge in [0.1, 0.15) is 0 Å². The minimum Gasteiger partial charge on any atom is -0.481 e. The van der Waals surface area contributed by atoms with Crippen molar-refractivity contribution in [3.63, 3.8) is 0 Å². The highest BCUT2D eigenvalue weighted by atomic mass is 19.4. The van der Waals surface area contributed by atoms with E-state index in [1.807, 2.05) is 0 Å². The first-order valence-electron chi connectivity index (χ1n) is 5.42. The molecule has 0 radical (unpaired) electrons. The zero-order valence-electron chi connectivity index (χ0n) is 9.94. The molecule has 3 nitrogen and oxygen atoms in total. The Bertz CT molecular complexity index is 491. The highest BCUT2D eigenvalue weighted by Crippen LogP contribution is 2.31. The number of hydrogen-bond donors (Lipinski definition) is 1. The zero-order chi connectivity index (χ0) is 14.5. The van der Waals surface area contributed by atoms with Gasteiger partial charge >= 0.3 is 12.1 Å². The molecule has 0 heterocycles. The molecule has 1 aromatic carbocycles. The van der Waals surface area contributed by atoms with Crippen molar-refractivity contribution in [2.45, 2.75) is 12.6 Å². The molecule has 102 valence electrons. The number of carbonyl (C=O) groups is 1. The second kappa shape index (κ2) is 6.14. The number of nitrogens with zero attached hydrogens (tertiary/aromatic N) is 1. The van der Waals surface area contributed by atoms with E-state index in [2.05, 4.69) is 5.92 Å². The van der Waals surface area contributed by atoms with Gasteiger partial charge in [-0.2, -0.15) is 13.2 Å². The molecule has 1 N–H and O–H groups in total. The molecule has 0 spiro atoms. The highest BCUT2D eigenvalue weighted by Gasteiger charge is 2.30. The van der Waals surface area contributed by atoms with Crippen LogP contribution in [0.15, 0.2) is 24.3 Å². The molecule has 0 aromatic heterocycles. The van der Waals surface area contributed by atoms with Crippen molar-refractivity contribution < 1.29 is 23.1 Å². The Hall–Kier alpha value is -2.16.